The Morgan fingerprint density at radius 2 is 1.77 bits per heavy atom. The van der Waals surface area contributed by atoms with E-state index in [0.717, 1.165) is 76.5 Å². The largest absolute Gasteiger partial charge is 0.417 e. The highest BCUT2D eigenvalue weighted by molar-refractivity contribution is 5.86. The number of carbonyl (C=O) groups excluding carboxylic acids is 2. The molecule has 1 aromatic rings. The molecule has 5 aliphatic carbocycles. The summed E-state index contributed by atoms with van der Waals surface area (Å²) in [5.74, 6) is 1.80. The van der Waals surface area contributed by atoms with Gasteiger partial charge in [0.15, 0.2) is 0 Å². The average molecular weight is 620 g/mol. The number of hydrogen-bond donors (Lipinski definition) is 3. The molecule has 9 atom stereocenters. The van der Waals surface area contributed by atoms with Gasteiger partial charge in [0.25, 0.3) is 0 Å². The van der Waals surface area contributed by atoms with Gasteiger partial charge in [-0.3, -0.25) is 14.6 Å². The van der Waals surface area contributed by atoms with Crippen LogP contribution in [0.1, 0.15) is 101 Å². The third kappa shape index (κ3) is 5.95. The van der Waals surface area contributed by atoms with E-state index < -0.39 is 17.2 Å². The summed E-state index contributed by atoms with van der Waals surface area (Å²) in [5.41, 5.74) is -0.0911. The molecule has 2 heterocycles. The van der Waals surface area contributed by atoms with Crippen LogP contribution in [0.25, 0.3) is 0 Å². The fourth-order valence-electron chi connectivity index (χ4n) is 9.46. The minimum Gasteiger partial charge on any atom is -0.393 e. The number of aliphatic hydroxyl groups is 2. The number of halogens is 3. The molecule has 5 fully saturated rings. The van der Waals surface area contributed by atoms with Crippen molar-refractivity contribution < 1.29 is 33.0 Å². The van der Waals surface area contributed by atoms with E-state index in [0.29, 0.717) is 53.8 Å². The molecule has 44 heavy (non-hydrogen) atoms. The normalized spacial score (nSPS) is 38.0. The smallest absolute Gasteiger partial charge is 0.393 e. The fourth-order valence-corrected chi connectivity index (χ4v) is 9.46. The zero-order valence-electron chi connectivity index (χ0n) is 26.0. The van der Waals surface area contributed by atoms with E-state index in [1.165, 1.54) is 6.42 Å². The fraction of sp³-hybridized carbons (Fsp3) is 0.794. The van der Waals surface area contributed by atoms with Crippen molar-refractivity contribution in [2.24, 2.45) is 35.0 Å². The lowest BCUT2D eigenvalue weighted by molar-refractivity contribution is -0.146. The van der Waals surface area contributed by atoms with E-state index >= 15 is 0 Å². The first-order chi connectivity index (χ1) is 20.9. The molecule has 5 saturated carbocycles. The van der Waals surface area contributed by atoms with Gasteiger partial charge in [0.1, 0.15) is 5.78 Å². The lowest BCUT2D eigenvalue weighted by Crippen LogP contribution is -2.51. The maximum atomic E-state index is 13.9. The van der Waals surface area contributed by atoms with Crippen molar-refractivity contribution in [1.29, 1.82) is 0 Å². The number of amides is 1. The van der Waals surface area contributed by atoms with E-state index in [4.69, 9.17) is 0 Å². The summed E-state index contributed by atoms with van der Waals surface area (Å²) in [6, 6.07) is 1.73. The summed E-state index contributed by atoms with van der Waals surface area (Å²) >= 11 is 0. The highest BCUT2D eigenvalue weighted by atomic mass is 19.4. The third-order valence-electron chi connectivity index (χ3n) is 12.2. The maximum Gasteiger partial charge on any atom is 0.417 e. The first-order valence-corrected chi connectivity index (χ1v) is 16.9. The Balaban J connectivity index is 0.000000289. The van der Waals surface area contributed by atoms with E-state index in [2.05, 4.69) is 24.1 Å². The first-order valence-electron chi connectivity index (χ1n) is 16.9. The van der Waals surface area contributed by atoms with Crippen molar-refractivity contribution in [2.75, 3.05) is 6.54 Å². The van der Waals surface area contributed by atoms with Crippen LogP contribution in [-0.2, 0) is 28.7 Å². The molecule has 1 amide bonds. The van der Waals surface area contributed by atoms with Crippen LogP contribution in [0.4, 0.5) is 13.2 Å². The molecule has 0 saturated heterocycles. The summed E-state index contributed by atoms with van der Waals surface area (Å²) < 4.78 is 39.6. The van der Waals surface area contributed by atoms with Gasteiger partial charge >= 0.3 is 6.18 Å². The summed E-state index contributed by atoms with van der Waals surface area (Å²) in [4.78, 5) is 30.9. The number of rotatable bonds is 4. The van der Waals surface area contributed by atoms with Crippen LogP contribution >= 0.6 is 0 Å². The molecule has 1 aliphatic heterocycles. The van der Waals surface area contributed by atoms with Crippen LogP contribution in [0.2, 0.25) is 0 Å². The molecule has 1 aromatic heterocycles. The monoisotopic (exact) mass is 619 g/mol. The van der Waals surface area contributed by atoms with Crippen molar-refractivity contribution in [3.63, 3.8) is 0 Å². The molecule has 0 aromatic carbocycles. The van der Waals surface area contributed by atoms with E-state index in [1.807, 2.05) is 0 Å². The number of Topliss-reactive ketones (excluding diaryl/α,β-unsaturated/α-hetero) is 1. The summed E-state index contributed by atoms with van der Waals surface area (Å²) in [6.45, 7) is 4.87. The SMILES string of the molecule is CC(C)[C@]1(C(=O)N2CCc3ncc(C(F)(F)F)cc3C2)CC[C@@H](NC2C3CCC(O)C2CC3)C1.O=C1C2CCC(O)C1CC2. The van der Waals surface area contributed by atoms with E-state index in [9.17, 15) is 33.0 Å². The molecule has 7 unspecified atom stereocenters. The van der Waals surface area contributed by atoms with Gasteiger partial charge < -0.3 is 20.4 Å². The molecule has 4 bridgehead atoms. The maximum absolute atomic E-state index is 13.9. The minimum atomic E-state index is -4.44. The first kappa shape index (κ1) is 31.9. The molecule has 0 spiro atoms. The lowest BCUT2D eigenvalue weighted by atomic mass is 9.73. The van der Waals surface area contributed by atoms with Crippen molar-refractivity contribution in [3.8, 4) is 0 Å². The van der Waals surface area contributed by atoms with Gasteiger partial charge in [-0.2, -0.15) is 13.2 Å². The van der Waals surface area contributed by atoms with Gasteiger partial charge in [0.05, 0.1) is 23.2 Å². The Bertz CT molecular complexity index is 1240. The zero-order valence-corrected chi connectivity index (χ0v) is 26.0. The second-order valence-corrected chi connectivity index (χ2v) is 14.8. The number of pyridine rings is 1. The van der Waals surface area contributed by atoms with Crippen molar-refractivity contribution in [1.82, 2.24) is 15.2 Å². The average Bonchev–Trinajstić information content (AvgIpc) is 3.63. The Morgan fingerprint density at radius 3 is 2.50 bits per heavy atom. The number of nitrogens with one attached hydrogen (secondary N) is 1. The second kappa shape index (κ2) is 12.3. The molecule has 7 rings (SSSR count). The van der Waals surface area contributed by atoms with Crippen molar-refractivity contribution in [3.05, 3.63) is 29.1 Å². The Labute approximate surface area is 258 Å². The van der Waals surface area contributed by atoms with Crippen LogP contribution in [0.5, 0.6) is 0 Å². The predicted molar refractivity (Wildman–Crippen MR) is 158 cm³/mol. The predicted octanol–water partition coefficient (Wildman–Crippen LogP) is 5.06. The molecular formula is C34H48F3N3O4. The Morgan fingerprint density at radius 1 is 1.05 bits per heavy atom. The van der Waals surface area contributed by atoms with Gasteiger partial charge in [-0.1, -0.05) is 13.8 Å². The molecular weight excluding hydrogens is 571 g/mol. The van der Waals surface area contributed by atoms with Gasteiger partial charge in [-0.05, 0) is 94.1 Å². The Hall–Kier alpha value is -2.04. The van der Waals surface area contributed by atoms with Gasteiger partial charge in [-0.15, -0.1) is 0 Å². The molecule has 0 radical (unpaired) electrons. The number of hydrogen-bond acceptors (Lipinski definition) is 6. The third-order valence-corrected chi connectivity index (χ3v) is 12.2. The van der Waals surface area contributed by atoms with E-state index in [1.54, 1.807) is 4.90 Å². The quantitative estimate of drug-likeness (QED) is 0.436. The topological polar surface area (TPSA) is 103 Å². The number of aliphatic hydroxyl groups excluding tert-OH is 2. The number of carbonyl (C=O) groups is 2. The Kier molecular flexibility index (Phi) is 8.91. The highest BCUT2D eigenvalue weighted by Crippen LogP contribution is 2.49. The van der Waals surface area contributed by atoms with Crippen molar-refractivity contribution >= 4 is 11.7 Å². The van der Waals surface area contributed by atoms with Crippen LogP contribution in [0.15, 0.2) is 12.3 Å². The second-order valence-electron chi connectivity index (χ2n) is 14.8. The summed E-state index contributed by atoms with van der Waals surface area (Å²) in [7, 11) is 0. The van der Waals surface area contributed by atoms with Crippen LogP contribution in [0, 0.1) is 35.0 Å². The van der Waals surface area contributed by atoms with Gasteiger partial charge in [0.2, 0.25) is 5.91 Å². The summed E-state index contributed by atoms with van der Waals surface area (Å²) in [6.07, 6.45) is 6.80. The standard InChI is InChI=1S/C26H36F3N3O2.C8H12O2/c1-15(2)25(9-7-19(12-25)31-23-16-3-5-20(23)22(33)6-4-16)24(34)32-10-8-21-17(14-32)11-18(13-30-21)26(27,28)29;9-7-4-2-5-1-3-6(7)8(5)10/h11,13,15-16,19-20,22-23,31,33H,3-10,12,14H2,1-2H3;5-7,9H,1-4H2/t16?,19-,20?,22?,23?,25+;/m1./s1. The molecule has 6 aliphatic rings. The van der Waals surface area contributed by atoms with Gasteiger partial charge in [-0.25, -0.2) is 0 Å². The number of fused-ring (bicyclic) bond motifs is 5. The van der Waals surface area contributed by atoms with Crippen LogP contribution in [-0.4, -0.2) is 62.6 Å². The number of aromatic nitrogens is 1. The minimum absolute atomic E-state index is 0.0127. The van der Waals surface area contributed by atoms with Crippen LogP contribution in [0.3, 0.4) is 0 Å². The van der Waals surface area contributed by atoms with E-state index in [-0.39, 0.29) is 42.5 Å². The van der Waals surface area contributed by atoms with Crippen LogP contribution < -0.4 is 5.32 Å². The number of ketones is 1. The lowest BCUT2D eigenvalue weighted by Gasteiger charge is -2.40. The molecule has 3 N–H and O–H groups in total. The highest BCUT2D eigenvalue weighted by Gasteiger charge is 2.52. The molecule has 10 heteroatoms. The van der Waals surface area contributed by atoms with Crippen molar-refractivity contribution in [2.45, 2.75) is 128 Å². The summed E-state index contributed by atoms with van der Waals surface area (Å²) in [5, 5.41) is 23.7. The molecule has 244 valence electrons. The zero-order chi connectivity index (χ0) is 31.4. The number of alkyl halides is 3. The van der Waals surface area contributed by atoms with Gasteiger partial charge in [0, 0.05) is 61.2 Å². The number of nitrogens with zero attached hydrogens (tertiary/aromatic N) is 2. The molecule has 7 nitrogen and oxygen atoms in total.